The van der Waals surface area contributed by atoms with Crippen LogP contribution in [0, 0.1) is 0 Å². The van der Waals surface area contributed by atoms with Gasteiger partial charge in [0.05, 0.1) is 6.54 Å². The number of hydrogen-bond donors (Lipinski definition) is 2. The summed E-state index contributed by atoms with van der Waals surface area (Å²) in [6.07, 6.45) is 1.80. The normalized spacial score (nSPS) is 17.5. The molecule has 96 valence electrons. The van der Waals surface area contributed by atoms with Crippen LogP contribution in [0.25, 0.3) is 0 Å². The number of amides is 2. The Hall–Kier alpha value is -2.56. The molecule has 2 amide bonds. The van der Waals surface area contributed by atoms with Crippen LogP contribution in [-0.2, 0) is 11.3 Å². The fourth-order valence-corrected chi connectivity index (χ4v) is 2.15. The second kappa shape index (κ2) is 4.61. The number of fused-ring (bicyclic) bond motifs is 1. The molecule has 1 aromatic heterocycles. The van der Waals surface area contributed by atoms with Crippen molar-refractivity contribution < 1.29 is 9.59 Å². The zero-order chi connectivity index (χ0) is 13.2. The maximum Gasteiger partial charge on any atom is 0.268 e. The van der Waals surface area contributed by atoms with Gasteiger partial charge in [0.25, 0.3) is 5.91 Å². The fraction of sp³-hybridized carbons (Fsp3) is 0.143. The number of carbonyl (C=O) groups excluding carboxylic acids is 2. The lowest BCUT2D eigenvalue weighted by Crippen LogP contribution is -2.50. The molecule has 0 fully saturated rings. The molecule has 1 aromatic carbocycles. The highest BCUT2D eigenvalue weighted by Gasteiger charge is 2.28. The largest absolute Gasteiger partial charge is 0.341 e. The van der Waals surface area contributed by atoms with Crippen molar-refractivity contribution in [3.63, 3.8) is 0 Å². The fourth-order valence-electron chi connectivity index (χ4n) is 2.15. The van der Waals surface area contributed by atoms with Crippen LogP contribution in [-0.4, -0.2) is 22.4 Å². The molecule has 0 aliphatic carbocycles. The zero-order valence-electron chi connectivity index (χ0n) is 10.2. The van der Waals surface area contributed by atoms with Gasteiger partial charge in [-0.25, -0.2) is 0 Å². The van der Waals surface area contributed by atoms with Crippen LogP contribution < -0.4 is 10.6 Å². The number of benzene rings is 1. The molecule has 0 bridgehead atoms. The first-order chi connectivity index (χ1) is 9.24. The van der Waals surface area contributed by atoms with E-state index in [9.17, 15) is 9.59 Å². The first-order valence-electron chi connectivity index (χ1n) is 6.06. The van der Waals surface area contributed by atoms with Crippen LogP contribution in [0.15, 0.2) is 48.7 Å². The maximum absolute atomic E-state index is 12.1. The van der Waals surface area contributed by atoms with Gasteiger partial charge in [-0.15, -0.1) is 0 Å². The van der Waals surface area contributed by atoms with Crippen LogP contribution in [0.5, 0.6) is 0 Å². The SMILES string of the molecule is O=C1NC(C(=O)Nc2ccccc2)Cn2cccc21. The third kappa shape index (κ3) is 2.22. The summed E-state index contributed by atoms with van der Waals surface area (Å²) >= 11 is 0. The molecule has 0 saturated carbocycles. The number of carbonyl (C=O) groups is 2. The first-order valence-corrected chi connectivity index (χ1v) is 6.06. The minimum absolute atomic E-state index is 0.209. The van der Waals surface area contributed by atoms with Crippen molar-refractivity contribution in [2.45, 2.75) is 12.6 Å². The number of aromatic nitrogens is 1. The van der Waals surface area contributed by atoms with Gasteiger partial charge in [-0.1, -0.05) is 18.2 Å². The quantitative estimate of drug-likeness (QED) is 0.848. The number of para-hydroxylation sites is 1. The summed E-state index contributed by atoms with van der Waals surface area (Å²) in [6.45, 7) is 0.451. The van der Waals surface area contributed by atoms with Crippen LogP contribution in [0.2, 0.25) is 0 Å². The van der Waals surface area contributed by atoms with E-state index in [2.05, 4.69) is 10.6 Å². The molecule has 2 N–H and O–H groups in total. The van der Waals surface area contributed by atoms with Crippen molar-refractivity contribution in [3.8, 4) is 0 Å². The molecular weight excluding hydrogens is 242 g/mol. The van der Waals surface area contributed by atoms with Gasteiger partial charge in [0.1, 0.15) is 11.7 Å². The van der Waals surface area contributed by atoms with Crippen LogP contribution in [0.3, 0.4) is 0 Å². The van der Waals surface area contributed by atoms with E-state index >= 15 is 0 Å². The summed E-state index contributed by atoms with van der Waals surface area (Å²) in [5, 5.41) is 5.50. The predicted molar refractivity (Wildman–Crippen MR) is 70.8 cm³/mol. The van der Waals surface area contributed by atoms with E-state index in [-0.39, 0.29) is 11.8 Å². The topological polar surface area (TPSA) is 63.1 Å². The van der Waals surface area contributed by atoms with E-state index in [1.807, 2.05) is 30.3 Å². The van der Waals surface area contributed by atoms with E-state index in [0.29, 0.717) is 12.2 Å². The lowest BCUT2D eigenvalue weighted by Gasteiger charge is -2.24. The minimum Gasteiger partial charge on any atom is -0.341 e. The minimum atomic E-state index is -0.549. The molecule has 0 spiro atoms. The molecule has 1 aliphatic heterocycles. The number of nitrogens with one attached hydrogen (secondary N) is 2. The van der Waals surface area contributed by atoms with Gasteiger partial charge in [0.15, 0.2) is 0 Å². The average Bonchev–Trinajstić information content (AvgIpc) is 2.88. The van der Waals surface area contributed by atoms with Gasteiger partial charge in [-0.05, 0) is 24.3 Å². The lowest BCUT2D eigenvalue weighted by molar-refractivity contribution is -0.118. The molecule has 5 heteroatoms. The highest BCUT2D eigenvalue weighted by Crippen LogP contribution is 2.12. The van der Waals surface area contributed by atoms with Crippen LogP contribution in [0.1, 0.15) is 10.5 Å². The van der Waals surface area contributed by atoms with Gasteiger partial charge < -0.3 is 15.2 Å². The molecule has 1 atom stereocenters. The Morgan fingerprint density at radius 3 is 2.79 bits per heavy atom. The van der Waals surface area contributed by atoms with Gasteiger partial charge >= 0.3 is 0 Å². The molecule has 1 unspecified atom stereocenters. The molecular formula is C14H13N3O2. The van der Waals surface area contributed by atoms with Gasteiger partial charge in [0, 0.05) is 11.9 Å². The van der Waals surface area contributed by atoms with E-state index in [0.717, 1.165) is 5.69 Å². The monoisotopic (exact) mass is 255 g/mol. The van der Waals surface area contributed by atoms with Crippen molar-refractivity contribution in [3.05, 3.63) is 54.4 Å². The summed E-state index contributed by atoms with van der Waals surface area (Å²) < 4.78 is 1.79. The third-order valence-electron chi connectivity index (χ3n) is 3.10. The summed E-state index contributed by atoms with van der Waals surface area (Å²) in [5.74, 6) is -0.427. The standard InChI is InChI=1S/C14H13N3O2/c18-13(15-10-5-2-1-3-6-10)11-9-17-8-4-7-12(17)14(19)16-11/h1-8,11H,9H2,(H,15,18)(H,16,19). The van der Waals surface area contributed by atoms with E-state index in [1.165, 1.54) is 0 Å². The van der Waals surface area contributed by atoms with E-state index in [1.54, 1.807) is 22.9 Å². The summed E-state index contributed by atoms with van der Waals surface area (Å²) in [7, 11) is 0. The van der Waals surface area contributed by atoms with Crippen molar-refractivity contribution in [2.24, 2.45) is 0 Å². The van der Waals surface area contributed by atoms with Gasteiger partial charge in [-0.2, -0.15) is 0 Å². The number of hydrogen-bond acceptors (Lipinski definition) is 2. The highest BCUT2D eigenvalue weighted by molar-refractivity contribution is 6.01. The Kier molecular flexibility index (Phi) is 2.79. The predicted octanol–water partition coefficient (Wildman–Crippen LogP) is 1.24. The molecule has 0 radical (unpaired) electrons. The summed E-state index contributed by atoms with van der Waals surface area (Å²) in [5.41, 5.74) is 1.31. The molecule has 3 rings (SSSR count). The first kappa shape index (κ1) is 11.5. The highest BCUT2D eigenvalue weighted by atomic mass is 16.2. The van der Waals surface area contributed by atoms with Crippen molar-refractivity contribution >= 4 is 17.5 Å². The molecule has 2 heterocycles. The molecule has 0 saturated heterocycles. The van der Waals surface area contributed by atoms with Crippen molar-refractivity contribution in [2.75, 3.05) is 5.32 Å². The van der Waals surface area contributed by atoms with E-state index < -0.39 is 6.04 Å². The zero-order valence-corrected chi connectivity index (χ0v) is 10.2. The maximum atomic E-state index is 12.1. The second-order valence-corrected chi connectivity index (χ2v) is 4.43. The summed E-state index contributed by atoms with van der Waals surface area (Å²) in [6, 6.07) is 12.2. The smallest absolute Gasteiger partial charge is 0.268 e. The lowest BCUT2D eigenvalue weighted by atomic mass is 10.2. The van der Waals surface area contributed by atoms with Gasteiger partial charge in [0.2, 0.25) is 5.91 Å². The average molecular weight is 255 g/mol. The summed E-state index contributed by atoms with van der Waals surface area (Å²) in [4.78, 5) is 23.9. The van der Waals surface area contributed by atoms with Gasteiger partial charge in [-0.3, -0.25) is 9.59 Å². The van der Waals surface area contributed by atoms with Crippen molar-refractivity contribution in [1.29, 1.82) is 0 Å². The Morgan fingerprint density at radius 1 is 1.21 bits per heavy atom. The molecule has 5 nitrogen and oxygen atoms in total. The second-order valence-electron chi connectivity index (χ2n) is 4.43. The van der Waals surface area contributed by atoms with E-state index in [4.69, 9.17) is 0 Å². The number of nitrogens with zero attached hydrogens (tertiary/aromatic N) is 1. The Balaban J connectivity index is 1.74. The molecule has 1 aliphatic rings. The molecule has 19 heavy (non-hydrogen) atoms. The van der Waals surface area contributed by atoms with Crippen LogP contribution >= 0.6 is 0 Å². The Labute approximate surface area is 110 Å². The Morgan fingerprint density at radius 2 is 2.00 bits per heavy atom. The Bertz CT molecular complexity index is 619. The number of anilines is 1. The number of rotatable bonds is 2. The van der Waals surface area contributed by atoms with Crippen molar-refractivity contribution in [1.82, 2.24) is 9.88 Å². The van der Waals surface area contributed by atoms with Crippen LogP contribution in [0.4, 0.5) is 5.69 Å². The molecule has 2 aromatic rings. The third-order valence-corrected chi connectivity index (χ3v) is 3.10.